The van der Waals surface area contributed by atoms with Gasteiger partial charge in [0.1, 0.15) is 5.01 Å². The molecule has 2 aromatic heterocycles. The summed E-state index contributed by atoms with van der Waals surface area (Å²) in [5, 5.41) is 12.4. The van der Waals surface area contributed by atoms with Gasteiger partial charge in [0, 0.05) is 30.9 Å². The van der Waals surface area contributed by atoms with Crippen LogP contribution in [0.4, 0.5) is 0 Å². The zero-order chi connectivity index (χ0) is 19.1. The number of thiazole rings is 1. The van der Waals surface area contributed by atoms with Crippen LogP contribution in [-0.2, 0) is 13.0 Å². The van der Waals surface area contributed by atoms with E-state index in [4.69, 9.17) is 0 Å². The molecule has 0 bridgehead atoms. The van der Waals surface area contributed by atoms with Crippen molar-refractivity contribution in [1.82, 2.24) is 25.4 Å². The quantitative estimate of drug-likeness (QED) is 0.374. The predicted molar refractivity (Wildman–Crippen MR) is 112 cm³/mol. The van der Waals surface area contributed by atoms with Crippen LogP contribution in [0.25, 0.3) is 5.69 Å². The highest BCUT2D eigenvalue weighted by Gasteiger charge is 2.06. The number of guanidine groups is 1. The van der Waals surface area contributed by atoms with Crippen LogP contribution in [0.15, 0.2) is 47.7 Å². The van der Waals surface area contributed by atoms with Gasteiger partial charge in [-0.25, -0.2) is 9.67 Å². The van der Waals surface area contributed by atoms with Crippen molar-refractivity contribution in [2.75, 3.05) is 13.6 Å². The molecule has 1 aromatic carbocycles. The SMILES string of the molecule is CN=C(NCCCc1cn(-c2ccccc2)nc1C)NCc1ncc(C)s1. The first-order valence-electron chi connectivity index (χ1n) is 9.12. The predicted octanol–water partition coefficient (Wildman–Crippen LogP) is 3.24. The van der Waals surface area contributed by atoms with Crippen LogP contribution in [0.5, 0.6) is 0 Å². The molecule has 6 nitrogen and oxygen atoms in total. The number of para-hydroxylation sites is 1. The van der Waals surface area contributed by atoms with Gasteiger partial charge in [0.05, 0.1) is 17.9 Å². The zero-order valence-electron chi connectivity index (χ0n) is 16.1. The number of aryl methyl sites for hydroxylation is 3. The summed E-state index contributed by atoms with van der Waals surface area (Å²) in [5.41, 5.74) is 3.45. The second-order valence-electron chi connectivity index (χ2n) is 6.34. The van der Waals surface area contributed by atoms with Crippen LogP contribution in [0.3, 0.4) is 0 Å². The lowest BCUT2D eigenvalue weighted by Gasteiger charge is -2.10. The van der Waals surface area contributed by atoms with Crippen molar-refractivity contribution in [3.05, 3.63) is 63.9 Å². The highest BCUT2D eigenvalue weighted by Crippen LogP contribution is 2.13. The molecular weight excluding hydrogens is 356 g/mol. The Bertz CT molecular complexity index is 881. The minimum Gasteiger partial charge on any atom is -0.356 e. The van der Waals surface area contributed by atoms with Crippen LogP contribution < -0.4 is 10.6 Å². The molecule has 0 spiro atoms. The van der Waals surface area contributed by atoms with Crippen molar-refractivity contribution >= 4 is 17.3 Å². The van der Waals surface area contributed by atoms with E-state index in [1.807, 2.05) is 29.1 Å². The number of nitrogens with one attached hydrogen (secondary N) is 2. The first-order chi connectivity index (χ1) is 13.2. The van der Waals surface area contributed by atoms with Gasteiger partial charge in [-0.1, -0.05) is 18.2 Å². The normalized spacial score (nSPS) is 11.6. The summed E-state index contributed by atoms with van der Waals surface area (Å²) < 4.78 is 1.95. The van der Waals surface area contributed by atoms with Crippen LogP contribution >= 0.6 is 11.3 Å². The van der Waals surface area contributed by atoms with Gasteiger partial charge < -0.3 is 10.6 Å². The third-order valence-corrected chi connectivity index (χ3v) is 5.15. The van der Waals surface area contributed by atoms with Crippen LogP contribution in [0.2, 0.25) is 0 Å². The maximum Gasteiger partial charge on any atom is 0.191 e. The number of hydrogen-bond acceptors (Lipinski definition) is 4. The molecule has 0 fully saturated rings. The van der Waals surface area contributed by atoms with E-state index in [0.717, 1.165) is 41.7 Å². The number of aliphatic imine (C=N–C) groups is 1. The molecule has 3 rings (SSSR count). The molecular formula is C20H26N6S. The maximum atomic E-state index is 4.63. The van der Waals surface area contributed by atoms with E-state index >= 15 is 0 Å². The van der Waals surface area contributed by atoms with Gasteiger partial charge in [0.15, 0.2) is 5.96 Å². The molecule has 0 unspecified atom stereocenters. The molecule has 0 atom stereocenters. The molecule has 0 saturated heterocycles. The highest BCUT2D eigenvalue weighted by atomic mass is 32.1. The van der Waals surface area contributed by atoms with E-state index in [2.05, 4.69) is 57.9 Å². The highest BCUT2D eigenvalue weighted by molar-refractivity contribution is 7.11. The standard InChI is InChI=1S/C20H26N6S/c1-15-12-23-19(27-15)13-24-20(21-3)22-11-7-8-17-14-26(25-16(17)2)18-9-5-4-6-10-18/h4-6,9-10,12,14H,7-8,11,13H2,1-3H3,(H2,21,22,24). The topological polar surface area (TPSA) is 67.1 Å². The summed E-state index contributed by atoms with van der Waals surface area (Å²) in [6.45, 7) is 5.68. The largest absolute Gasteiger partial charge is 0.356 e. The summed E-state index contributed by atoms with van der Waals surface area (Å²) >= 11 is 1.70. The lowest BCUT2D eigenvalue weighted by atomic mass is 10.1. The number of aromatic nitrogens is 3. The summed E-state index contributed by atoms with van der Waals surface area (Å²) in [7, 11) is 1.79. The fourth-order valence-corrected chi connectivity index (χ4v) is 3.53. The molecule has 3 aromatic rings. The lowest BCUT2D eigenvalue weighted by Crippen LogP contribution is -2.37. The van der Waals surface area contributed by atoms with Gasteiger partial charge in [-0.05, 0) is 44.4 Å². The molecule has 0 amide bonds. The van der Waals surface area contributed by atoms with Crippen molar-refractivity contribution in [3.8, 4) is 5.69 Å². The Morgan fingerprint density at radius 3 is 2.70 bits per heavy atom. The minimum absolute atomic E-state index is 0.696. The van der Waals surface area contributed by atoms with Crippen molar-refractivity contribution in [3.63, 3.8) is 0 Å². The fraction of sp³-hybridized carbons (Fsp3) is 0.350. The molecule has 0 radical (unpaired) electrons. The Kier molecular flexibility index (Phi) is 6.59. The number of benzene rings is 1. The average Bonchev–Trinajstić information content (AvgIpc) is 3.27. The van der Waals surface area contributed by atoms with Crippen LogP contribution in [-0.4, -0.2) is 34.3 Å². The van der Waals surface area contributed by atoms with Gasteiger partial charge in [0.2, 0.25) is 0 Å². The van der Waals surface area contributed by atoms with E-state index < -0.39 is 0 Å². The van der Waals surface area contributed by atoms with Gasteiger partial charge in [0.25, 0.3) is 0 Å². The smallest absolute Gasteiger partial charge is 0.191 e. The Morgan fingerprint density at radius 1 is 1.19 bits per heavy atom. The molecule has 7 heteroatoms. The van der Waals surface area contributed by atoms with Crippen molar-refractivity contribution in [1.29, 1.82) is 0 Å². The van der Waals surface area contributed by atoms with E-state index in [-0.39, 0.29) is 0 Å². The molecule has 2 N–H and O–H groups in total. The summed E-state index contributed by atoms with van der Waals surface area (Å²) in [4.78, 5) is 9.85. The number of hydrogen-bond donors (Lipinski definition) is 2. The summed E-state index contributed by atoms with van der Waals surface area (Å²) in [6.07, 6.45) is 6.02. The molecule has 142 valence electrons. The molecule has 0 saturated carbocycles. The Balaban J connectivity index is 1.44. The van der Waals surface area contributed by atoms with Gasteiger partial charge in [-0.15, -0.1) is 11.3 Å². The lowest BCUT2D eigenvalue weighted by molar-refractivity contribution is 0.739. The van der Waals surface area contributed by atoms with Gasteiger partial charge in [-0.2, -0.15) is 5.10 Å². The monoisotopic (exact) mass is 382 g/mol. The first-order valence-corrected chi connectivity index (χ1v) is 9.94. The van der Waals surface area contributed by atoms with Gasteiger partial charge >= 0.3 is 0 Å². The number of nitrogens with zero attached hydrogens (tertiary/aromatic N) is 4. The Hall–Kier alpha value is -2.67. The van der Waals surface area contributed by atoms with E-state index in [0.29, 0.717) is 6.54 Å². The van der Waals surface area contributed by atoms with E-state index in [9.17, 15) is 0 Å². The maximum absolute atomic E-state index is 4.63. The average molecular weight is 383 g/mol. The second-order valence-corrected chi connectivity index (χ2v) is 7.66. The summed E-state index contributed by atoms with van der Waals surface area (Å²) in [5.74, 6) is 0.805. The fourth-order valence-electron chi connectivity index (χ4n) is 2.80. The Morgan fingerprint density at radius 2 is 2.00 bits per heavy atom. The molecule has 0 aliphatic carbocycles. The molecule has 0 aliphatic heterocycles. The van der Waals surface area contributed by atoms with Crippen molar-refractivity contribution in [2.45, 2.75) is 33.2 Å². The first kappa shape index (κ1) is 19.1. The second kappa shape index (κ2) is 9.32. The third-order valence-electron chi connectivity index (χ3n) is 4.24. The number of rotatable bonds is 7. The minimum atomic E-state index is 0.696. The van der Waals surface area contributed by atoms with Crippen LogP contribution in [0.1, 0.15) is 27.6 Å². The molecule has 2 heterocycles. The zero-order valence-corrected chi connectivity index (χ0v) is 16.9. The van der Waals surface area contributed by atoms with E-state index in [1.54, 1.807) is 18.4 Å². The van der Waals surface area contributed by atoms with Crippen LogP contribution in [0, 0.1) is 13.8 Å². The van der Waals surface area contributed by atoms with Crippen molar-refractivity contribution in [2.24, 2.45) is 4.99 Å². The van der Waals surface area contributed by atoms with Gasteiger partial charge in [-0.3, -0.25) is 4.99 Å². The molecule has 27 heavy (non-hydrogen) atoms. The van der Waals surface area contributed by atoms with E-state index in [1.165, 1.54) is 10.4 Å². The summed E-state index contributed by atoms with van der Waals surface area (Å²) in [6, 6.07) is 10.2. The molecule has 0 aliphatic rings. The van der Waals surface area contributed by atoms with Crippen molar-refractivity contribution < 1.29 is 0 Å². The Labute approximate surface area is 164 Å². The third kappa shape index (κ3) is 5.40.